The fourth-order valence-corrected chi connectivity index (χ4v) is 2.59. The molecule has 0 spiro atoms. The minimum atomic E-state index is -0.457. The Morgan fingerprint density at radius 1 is 1.05 bits per heavy atom. The van der Waals surface area contributed by atoms with Crippen LogP contribution in [-0.4, -0.2) is 21.6 Å². The molecule has 1 aliphatic rings. The van der Waals surface area contributed by atoms with E-state index in [4.69, 9.17) is 0 Å². The van der Waals surface area contributed by atoms with Gasteiger partial charge < -0.3 is 0 Å². The standard InChI is InChI=1S/C16H12N2O4/c1-10-8-11(6-7-14(10)18(21)22)9-17-15(19)12-4-2-3-5-13(12)16(17)20/h2-8H,9H2,1H3. The summed E-state index contributed by atoms with van der Waals surface area (Å²) in [4.78, 5) is 36.1. The van der Waals surface area contributed by atoms with E-state index in [9.17, 15) is 19.7 Å². The number of imide groups is 1. The summed E-state index contributed by atoms with van der Waals surface area (Å²) < 4.78 is 0. The highest BCUT2D eigenvalue weighted by Gasteiger charge is 2.35. The van der Waals surface area contributed by atoms with Gasteiger partial charge in [-0.3, -0.25) is 24.6 Å². The summed E-state index contributed by atoms with van der Waals surface area (Å²) in [6.07, 6.45) is 0. The molecule has 0 aliphatic carbocycles. The number of amides is 2. The molecule has 0 saturated heterocycles. The second-order valence-corrected chi connectivity index (χ2v) is 5.12. The maximum atomic E-state index is 12.3. The van der Waals surface area contributed by atoms with Crippen LogP contribution in [0, 0.1) is 17.0 Å². The second-order valence-electron chi connectivity index (χ2n) is 5.12. The van der Waals surface area contributed by atoms with Crippen molar-refractivity contribution in [1.82, 2.24) is 4.90 Å². The van der Waals surface area contributed by atoms with Crippen LogP contribution in [0.3, 0.4) is 0 Å². The molecule has 1 aliphatic heterocycles. The molecule has 22 heavy (non-hydrogen) atoms. The van der Waals surface area contributed by atoms with Gasteiger partial charge in [-0.1, -0.05) is 18.2 Å². The van der Waals surface area contributed by atoms with Crippen LogP contribution in [0.5, 0.6) is 0 Å². The maximum Gasteiger partial charge on any atom is 0.272 e. The number of benzene rings is 2. The van der Waals surface area contributed by atoms with Gasteiger partial charge in [0.15, 0.2) is 0 Å². The van der Waals surface area contributed by atoms with Crippen LogP contribution in [0.4, 0.5) is 5.69 Å². The molecule has 0 atom stereocenters. The monoisotopic (exact) mass is 296 g/mol. The van der Waals surface area contributed by atoms with E-state index >= 15 is 0 Å². The summed E-state index contributed by atoms with van der Waals surface area (Å²) in [7, 11) is 0. The van der Waals surface area contributed by atoms with Crippen molar-refractivity contribution >= 4 is 17.5 Å². The minimum Gasteiger partial charge on any atom is -0.270 e. The van der Waals surface area contributed by atoms with Gasteiger partial charge in [-0.05, 0) is 30.7 Å². The van der Waals surface area contributed by atoms with Crippen LogP contribution in [0.2, 0.25) is 0 Å². The molecule has 0 saturated carbocycles. The first-order chi connectivity index (χ1) is 10.5. The van der Waals surface area contributed by atoms with Crippen molar-refractivity contribution in [3.05, 3.63) is 74.8 Å². The molecule has 1 heterocycles. The Morgan fingerprint density at radius 2 is 1.64 bits per heavy atom. The molecule has 2 amide bonds. The molecule has 0 unspecified atom stereocenters. The second kappa shape index (κ2) is 5.07. The summed E-state index contributed by atoms with van der Waals surface area (Å²) in [6.45, 7) is 1.73. The molecule has 0 fully saturated rings. The van der Waals surface area contributed by atoms with Crippen LogP contribution in [0.1, 0.15) is 31.8 Å². The number of nitro groups is 1. The molecule has 2 aromatic carbocycles. The zero-order valence-electron chi connectivity index (χ0n) is 11.8. The Kier molecular flexibility index (Phi) is 3.21. The van der Waals surface area contributed by atoms with Gasteiger partial charge in [-0.25, -0.2) is 0 Å². The van der Waals surface area contributed by atoms with Gasteiger partial charge in [-0.2, -0.15) is 0 Å². The molecule has 110 valence electrons. The smallest absolute Gasteiger partial charge is 0.270 e. The van der Waals surface area contributed by atoms with Crippen LogP contribution >= 0.6 is 0 Å². The zero-order valence-corrected chi connectivity index (χ0v) is 11.8. The van der Waals surface area contributed by atoms with Gasteiger partial charge in [0.25, 0.3) is 17.5 Å². The van der Waals surface area contributed by atoms with Gasteiger partial charge in [0.05, 0.1) is 22.6 Å². The Labute approximate surface area is 126 Å². The Bertz CT molecular complexity index is 779. The van der Waals surface area contributed by atoms with E-state index in [-0.39, 0.29) is 24.0 Å². The van der Waals surface area contributed by atoms with E-state index in [0.29, 0.717) is 22.3 Å². The average molecular weight is 296 g/mol. The van der Waals surface area contributed by atoms with Crippen molar-refractivity contribution in [3.63, 3.8) is 0 Å². The van der Waals surface area contributed by atoms with Gasteiger partial charge in [0.1, 0.15) is 0 Å². The van der Waals surface area contributed by atoms with Crippen molar-refractivity contribution in [2.75, 3.05) is 0 Å². The lowest BCUT2D eigenvalue weighted by atomic mass is 10.1. The molecular weight excluding hydrogens is 284 g/mol. The normalized spacial score (nSPS) is 13.4. The van der Waals surface area contributed by atoms with Crippen molar-refractivity contribution in [2.45, 2.75) is 13.5 Å². The molecule has 2 aromatic rings. The first-order valence-electron chi connectivity index (χ1n) is 6.68. The highest BCUT2D eigenvalue weighted by Crippen LogP contribution is 2.25. The molecule has 0 bridgehead atoms. The van der Waals surface area contributed by atoms with E-state index in [1.165, 1.54) is 6.07 Å². The third-order valence-corrected chi connectivity index (χ3v) is 3.68. The molecule has 0 N–H and O–H groups in total. The average Bonchev–Trinajstić information content (AvgIpc) is 2.73. The van der Waals surface area contributed by atoms with Crippen LogP contribution in [0.15, 0.2) is 42.5 Å². The molecule has 0 radical (unpaired) electrons. The third-order valence-electron chi connectivity index (χ3n) is 3.68. The number of rotatable bonds is 3. The van der Waals surface area contributed by atoms with Crippen molar-refractivity contribution in [2.24, 2.45) is 0 Å². The van der Waals surface area contributed by atoms with E-state index in [1.807, 2.05) is 0 Å². The maximum absolute atomic E-state index is 12.3. The largest absolute Gasteiger partial charge is 0.272 e. The highest BCUT2D eigenvalue weighted by molar-refractivity contribution is 6.21. The number of carbonyl (C=O) groups excluding carboxylic acids is 2. The van der Waals surface area contributed by atoms with Crippen molar-refractivity contribution in [1.29, 1.82) is 0 Å². The molecule has 3 rings (SSSR count). The van der Waals surface area contributed by atoms with Gasteiger partial charge in [0, 0.05) is 11.6 Å². The van der Waals surface area contributed by atoms with Crippen LogP contribution in [-0.2, 0) is 6.54 Å². The number of nitro benzene ring substituents is 1. The summed E-state index contributed by atoms with van der Waals surface area (Å²) in [5.74, 6) is -0.673. The van der Waals surface area contributed by atoms with E-state index in [1.54, 1.807) is 43.3 Å². The van der Waals surface area contributed by atoms with Crippen LogP contribution < -0.4 is 0 Å². The number of hydrogen-bond donors (Lipinski definition) is 0. The van der Waals surface area contributed by atoms with E-state index in [0.717, 1.165) is 4.90 Å². The predicted molar refractivity (Wildman–Crippen MR) is 78.5 cm³/mol. The molecule has 6 nitrogen and oxygen atoms in total. The quantitative estimate of drug-likeness (QED) is 0.495. The van der Waals surface area contributed by atoms with Crippen LogP contribution in [0.25, 0.3) is 0 Å². The number of aryl methyl sites for hydroxylation is 1. The Morgan fingerprint density at radius 3 is 2.14 bits per heavy atom. The fourth-order valence-electron chi connectivity index (χ4n) is 2.59. The first-order valence-corrected chi connectivity index (χ1v) is 6.68. The van der Waals surface area contributed by atoms with E-state index in [2.05, 4.69) is 0 Å². The predicted octanol–water partition coefficient (Wildman–Crippen LogP) is 2.70. The minimum absolute atomic E-state index is 0.0195. The lowest BCUT2D eigenvalue weighted by molar-refractivity contribution is -0.385. The fraction of sp³-hybridized carbons (Fsp3) is 0.125. The third kappa shape index (κ3) is 2.14. The number of fused-ring (bicyclic) bond motifs is 1. The lowest BCUT2D eigenvalue weighted by Gasteiger charge is -2.14. The summed E-state index contributed by atoms with van der Waals surface area (Å²) in [6, 6.07) is 11.2. The Balaban J connectivity index is 1.89. The van der Waals surface area contributed by atoms with Gasteiger partial charge in [-0.15, -0.1) is 0 Å². The highest BCUT2D eigenvalue weighted by atomic mass is 16.6. The Hall–Kier alpha value is -3.02. The van der Waals surface area contributed by atoms with Crippen molar-refractivity contribution < 1.29 is 14.5 Å². The SMILES string of the molecule is Cc1cc(CN2C(=O)c3ccccc3C2=O)ccc1[N+](=O)[O-]. The topological polar surface area (TPSA) is 80.5 Å². The molecule has 6 heteroatoms. The van der Waals surface area contributed by atoms with Gasteiger partial charge >= 0.3 is 0 Å². The number of nitrogens with zero attached hydrogens (tertiary/aromatic N) is 2. The zero-order chi connectivity index (χ0) is 15.9. The summed E-state index contributed by atoms with van der Waals surface area (Å²) in [5.41, 5.74) is 1.99. The summed E-state index contributed by atoms with van der Waals surface area (Å²) in [5, 5.41) is 10.8. The summed E-state index contributed by atoms with van der Waals surface area (Å²) >= 11 is 0. The molecular formula is C16H12N2O4. The van der Waals surface area contributed by atoms with Gasteiger partial charge in [0.2, 0.25) is 0 Å². The first kappa shape index (κ1) is 13.9. The lowest BCUT2D eigenvalue weighted by Crippen LogP contribution is -2.29. The number of hydrogen-bond acceptors (Lipinski definition) is 4. The van der Waals surface area contributed by atoms with Crippen molar-refractivity contribution in [3.8, 4) is 0 Å². The van der Waals surface area contributed by atoms with E-state index < -0.39 is 4.92 Å². The molecule has 0 aromatic heterocycles. The number of carbonyl (C=O) groups is 2.